The normalized spacial score (nSPS) is 11.6. The van der Waals surface area contributed by atoms with Gasteiger partial charge in [0.15, 0.2) is 5.58 Å². The van der Waals surface area contributed by atoms with Crippen LogP contribution in [0.1, 0.15) is 0 Å². The second kappa shape index (κ2) is 6.30. The Balaban J connectivity index is 1.68. The first kappa shape index (κ1) is 17.0. The average molecular weight is 410 g/mol. The zero-order chi connectivity index (χ0) is 20.2. The Kier molecular flexibility index (Phi) is 3.57. The molecule has 2 N–H and O–H groups in total. The molecule has 0 aliphatic carbocycles. The molecule has 6 rings (SSSR count). The van der Waals surface area contributed by atoms with Crippen LogP contribution in [0.15, 0.2) is 77.2 Å². The molecule has 0 fully saturated rings. The third kappa shape index (κ3) is 2.54. The standard InChI is InChI=1S/C24H14N2O3S/c27-14-9-10-16(19(28)12-14)23-26-21-15-6-2-1-5-13(15)11-17(22(21)29-23)24-25-18-7-3-4-8-20(18)30-24/h1-12,27-28H. The van der Waals surface area contributed by atoms with Crippen LogP contribution in [0.25, 0.3) is 54.1 Å². The van der Waals surface area contributed by atoms with Crippen LogP contribution < -0.4 is 0 Å². The third-order valence-corrected chi connectivity index (χ3v) is 6.19. The summed E-state index contributed by atoms with van der Waals surface area (Å²) in [5.74, 6) is 0.182. The third-order valence-electron chi connectivity index (χ3n) is 5.12. The van der Waals surface area contributed by atoms with E-state index in [2.05, 4.69) is 12.1 Å². The summed E-state index contributed by atoms with van der Waals surface area (Å²) < 4.78 is 7.28. The van der Waals surface area contributed by atoms with E-state index in [9.17, 15) is 10.2 Å². The Morgan fingerprint density at radius 2 is 1.63 bits per heavy atom. The van der Waals surface area contributed by atoms with E-state index in [-0.39, 0.29) is 11.5 Å². The van der Waals surface area contributed by atoms with E-state index in [0.29, 0.717) is 22.6 Å². The monoisotopic (exact) mass is 410 g/mol. The summed E-state index contributed by atoms with van der Waals surface area (Å²) in [4.78, 5) is 9.51. The van der Waals surface area contributed by atoms with Crippen molar-refractivity contribution in [2.45, 2.75) is 0 Å². The summed E-state index contributed by atoms with van der Waals surface area (Å²) in [6.45, 7) is 0. The molecular weight excluding hydrogens is 396 g/mol. The van der Waals surface area contributed by atoms with Gasteiger partial charge in [-0.05, 0) is 35.7 Å². The van der Waals surface area contributed by atoms with E-state index < -0.39 is 0 Å². The highest BCUT2D eigenvalue weighted by Crippen LogP contribution is 2.41. The Hall–Kier alpha value is -3.90. The van der Waals surface area contributed by atoms with Crippen LogP contribution in [0.4, 0.5) is 0 Å². The molecule has 0 amide bonds. The second-order valence-corrected chi connectivity index (χ2v) is 8.06. The number of fused-ring (bicyclic) bond motifs is 4. The number of aromatic nitrogens is 2. The molecule has 0 radical (unpaired) electrons. The highest BCUT2D eigenvalue weighted by molar-refractivity contribution is 7.21. The summed E-state index contributed by atoms with van der Waals surface area (Å²) in [6, 6.07) is 22.4. The van der Waals surface area contributed by atoms with Gasteiger partial charge in [0.25, 0.3) is 0 Å². The lowest BCUT2D eigenvalue weighted by Crippen LogP contribution is -1.82. The number of phenols is 2. The molecule has 6 aromatic rings. The summed E-state index contributed by atoms with van der Waals surface area (Å²) in [7, 11) is 0. The Labute approximate surface area is 174 Å². The van der Waals surface area contributed by atoms with Gasteiger partial charge in [-0.15, -0.1) is 11.3 Å². The molecule has 0 saturated heterocycles. The number of para-hydroxylation sites is 1. The Morgan fingerprint density at radius 1 is 0.800 bits per heavy atom. The van der Waals surface area contributed by atoms with Crippen LogP contribution in [0, 0.1) is 0 Å². The first-order chi connectivity index (χ1) is 14.7. The molecule has 4 aromatic carbocycles. The van der Waals surface area contributed by atoms with Crippen LogP contribution in [0.3, 0.4) is 0 Å². The van der Waals surface area contributed by atoms with Crippen LogP contribution in [-0.4, -0.2) is 20.2 Å². The maximum Gasteiger partial charge on any atom is 0.231 e. The molecule has 2 aromatic heterocycles. The minimum atomic E-state index is -0.0904. The molecule has 0 bridgehead atoms. The first-order valence-electron chi connectivity index (χ1n) is 9.38. The highest BCUT2D eigenvalue weighted by Gasteiger charge is 2.20. The summed E-state index contributed by atoms with van der Waals surface area (Å²) in [5, 5.41) is 22.8. The van der Waals surface area contributed by atoms with Crippen molar-refractivity contribution in [3.8, 4) is 33.5 Å². The molecule has 0 saturated carbocycles. The molecule has 0 aliphatic heterocycles. The molecule has 6 heteroatoms. The quantitative estimate of drug-likeness (QED) is 0.348. The van der Waals surface area contributed by atoms with E-state index in [0.717, 1.165) is 31.6 Å². The van der Waals surface area contributed by atoms with E-state index in [4.69, 9.17) is 14.4 Å². The molecular formula is C24H14N2O3S. The predicted octanol–water partition coefficient (Wildman–Crippen LogP) is 6.34. The fourth-order valence-electron chi connectivity index (χ4n) is 3.71. The van der Waals surface area contributed by atoms with E-state index in [1.807, 2.05) is 42.5 Å². The zero-order valence-corrected chi connectivity index (χ0v) is 16.4. The van der Waals surface area contributed by atoms with Crippen LogP contribution >= 0.6 is 11.3 Å². The van der Waals surface area contributed by atoms with Crippen molar-refractivity contribution in [2.75, 3.05) is 0 Å². The molecule has 144 valence electrons. The van der Waals surface area contributed by atoms with Crippen molar-refractivity contribution in [3.05, 3.63) is 72.8 Å². The number of phenolic OH excluding ortho intramolecular Hbond substituents is 2. The Morgan fingerprint density at radius 3 is 2.50 bits per heavy atom. The molecule has 5 nitrogen and oxygen atoms in total. The number of aromatic hydroxyl groups is 2. The predicted molar refractivity (Wildman–Crippen MR) is 119 cm³/mol. The zero-order valence-electron chi connectivity index (χ0n) is 15.5. The van der Waals surface area contributed by atoms with Crippen molar-refractivity contribution < 1.29 is 14.6 Å². The maximum atomic E-state index is 10.3. The smallest absolute Gasteiger partial charge is 0.231 e. The molecule has 0 spiro atoms. The minimum Gasteiger partial charge on any atom is -0.508 e. The van der Waals surface area contributed by atoms with Crippen molar-refractivity contribution in [2.24, 2.45) is 0 Å². The SMILES string of the molecule is Oc1ccc(-c2nc3c(o2)c(-c2nc4ccccc4s2)cc2ccccc23)c(O)c1. The number of nitrogens with zero attached hydrogens (tertiary/aromatic N) is 2. The van der Waals surface area contributed by atoms with Crippen LogP contribution in [-0.2, 0) is 0 Å². The average Bonchev–Trinajstić information content (AvgIpc) is 3.38. The van der Waals surface area contributed by atoms with E-state index in [1.54, 1.807) is 17.4 Å². The van der Waals surface area contributed by atoms with Crippen molar-refractivity contribution >= 4 is 43.4 Å². The topological polar surface area (TPSA) is 79.4 Å². The fourth-order valence-corrected chi connectivity index (χ4v) is 4.69. The summed E-state index contributed by atoms with van der Waals surface area (Å²) in [6.07, 6.45) is 0. The fraction of sp³-hybridized carbons (Fsp3) is 0. The maximum absolute atomic E-state index is 10.3. The largest absolute Gasteiger partial charge is 0.508 e. The van der Waals surface area contributed by atoms with Gasteiger partial charge >= 0.3 is 0 Å². The molecule has 0 aliphatic rings. The van der Waals surface area contributed by atoms with E-state index >= 15 is 0 Å². The second-order valence-electron chi connectivity index (χ2n) is 7.03. The lowest BCUT2D eigenvalue weighted by Gasteiger charge is -2.02. The van der Waals surface area contributed by atoms with Gasteiger partial charge in [-0.1, -0.05) is 36.4 Å². The van der Waals surface area contributed by atoms with Gasteiger partial charge in [0.2, 0.25) is 5.89 Å². The number of thiazole rings is 1. The molecule has 30 heavy (non-hydrogen) atoms. The summed E-state index contributed by atoms with van der Waals surface area (Å²) in [5.41, 5.74) is 3.56. The number of hydrogen-bond acceptors (Lipinski definition) is 6. The lowest BCUT2D eigenvalue weighted by molar-refractivity contribution is 0.450. The first-order valence-corrected chi connectivity index (χ1v) is 10.2. The van der Waals surface area contributed by atoms with Gasteiger partial charge in [-0.3, -0.25) is 0 Å². The number of benzene rings is 4. The number of rotatable bonds is 2. The van der Waals surface area contributed by atoms with Gasteiger partial charge in [-0.25, -0.2) is 9.97 Å². The van der Waals surface area contributed by atoms with Gasteiger partial charge in [0.05, 0.1) is 21.3 Å². The molecule has 2 heterocycles. The van der Waals surface area contributed by atoms with Gasteiger partial charge in [0, 0.05) is 11.5 Å². The van der Waals surface area contributed by atoms with Crippen molar-refractivity contribution in [1.29, 1.82) is 0 Å². The lowest BCUT2D eigenvalue weighted by atomic mass is 10.1. The van der Waals surface area contributed by atoms with Gasteiger partial charge < -0.3 is 14.6 Å². The van der Waals surface area contributed by atoms with Crippen molar-refractivity contribution in [3.63, 3.8) is 0 Å². The van der Waals surface area contributed by atoms with Crippen LogP contribution in [0.5, 0.6) is 11.5 Å². The number of oxazole rings is 1. The summed E-state index contributed by atoms with van der Waals surface area (Å²) >= 11 is 1.60. The minimum absolute atomic E-state index is 0.0204. The van der Waals surface area contributed by atoms with Crippen LogP contribution in [0.2, 0.25) is 0 Å². The van der Waals surface area contributed by atoms with Gasteiger partial charge in [0.1, 0.15) is 22.0 Å². The highest BCUT2D eigenvalue weighted by atomic mass is 32.1. The van der Waals surface area contributed by atoms with Crippen molar-refractivity contribution in [1.82, 2.24) is 9.97 Å². The molecule has 0 unspecified atom stereocenters. The van der Waals surface area contributed by atoms with E-state index in [1.165, 1.54) is 12.1 Å². The Bertz CT molecular complexity index is 1550. The molecule has 0 atom stereocenters. The van der Waals surface area contributed by atoms with Gasteiger partial charge in [-0.2, -0.15) is 0 Å². The number of hydrogen-bond donors (Lipinski definition) is 2.